The normalized spacial score (nSPS) is 28.4. The molecule has 0 bridgehead atoms. The maximum absolute atomic E-state index is 15.8. The van der Waals surface area contributed by atoms with E-state index >= 15 is 4.39 Å². The van der Waals surface area contributed by atoms with Gasteiger partial charge in [-0.25, -0.2) is 4.39 Å². The summed E-state index contributed by atoms with van der Waals surface area (Å²) in [5.74, 6) is -4.30. The highest BCUT2D eigenvalue weighted by molar-refractivity contribution is 6.24. The minimum Gasteiger partial charge on any atom is -0.508 e. The number of fused-ring (bicyclic) bond motifs is 2. The number of ether oxygens (including phenoxy) is 1. The Hall–Kier alpha value is -5.59. The Morgan fingerprint density at radius 3 is 2.31 bits per heavy atom. The molecule has 4 aromatic carbocycles. The fourth-order valence-electron chi connectivity index (χ4n) is 9.15. The van der Waals surface area contributed by atoms with Gasteiger partial charge in [0.05, 0.1) is 16.6 Å². The van der Waals surface area contributed by atoms with Crippen molar-refractivity contribution in [2.45, 2.75) is 56.4 Å². The van der Waals surface area contributed by atoms with Gasteiger partial charge in [0.15, 0.2) is 0 Å². The summed E-state index contributed by atoms with van der Waals surface area (Å²) in [5, 5.41) is 12.2. The molecular formula is C47H50FN5O6. The average molecular weight is 808 g/mol. The molecule has 4 aromatic rings. The third-order valence-electron chi connectivity index (χ3n) is 12.2. The fourth-order valence-corrected chi connectivity index (χ4v) is 9.15. The first-order valence-electron chi connectivity index (χ1n) is 24.2. The third-order valence-corrected chi connectivity index (χ3v) is 12.2. The molecular weight excluding hydrogens is 750 g/mol. The van der Waals surface area contributed by atoms with Crippen LogP contribution in [-0.2, 0) is 16.0 Å². The molecule has 3 saturated heterocycles. The minimum absolute atomic E-state index is 0.102. The molecule has 4 amide bonds. The Kier molecular flexibility index (Phi) is 8.56. The van der Waals surface area contributed by atoms with Crippen LogP contribution in [0.1, 0.15) is 97.9 Å². The van der Waals surface area contributed by atoms with Crippen LogP contribution < -0.4 is 15.0 Å². The second-order valence-electron chi connectivity index (χ2n) is 15.8. The highest BCUT2D eigenvalue weighted by Crippen LogP contribution is 2.47. The molecule has 2 N–H and O–H groups in total. The van der Waals surface area contributed by atoms with Crippen LogP contribution in [0.15, 0.2) is 84.9 Å². The standard InChI is InChI=1S/C47H50FN5O6/c48-40-28-34(27-39-44(40)47(58)53(46(39)57)41-14-15-42(55)49-45(41)56)52-22-20-51(21-23-52)29-30-16-18-50(19-17-30)24-25-59-36-10-6-32(7-11-36)43-37(31-4-2-1-3-5-31)12-8-33-26-35(54)9-13-38(33)43/h1-7,9-11,13,26-28,30,37,41,43,54H,8,12,14-25,29H2,(H,49,55,56)/t37-,41?,43+/m1/s1/i20D2,21D2,22D2,23D2. The van der Waals surface area contributed by atoms with Gasteiger partial charge in [0.2, 0.25) is 11.8 Å². The van der Waals surface area contributed by atoms with Crippen molar-refractivity contribution < 1.29 is 44.4 Å². The number of phenolic OH excluding ortho intramolecular Hbond substituents is 1. The van der Waals surface area contributed by atoms with Crippen LogP contribution >= 0.6 is 0 Å². The molecule has 4 heterocycles. The number of nitrogens with one attached hydrogen (secondary N) is 1. The number of halogens is 1. The van der Waals surface area contributed by atoms with Crippen molar-refractivity contribution in [2.24, 2.45) is 5.92 Å². The van der Waals surface area contributed by atoms with Gasteiger partial charge in [0.25, 0.3) is 11.8 Å². The number of anilines is 1. The first-order valence-corrected chi connectivity index (χ1v) is 20.2. The highest BCUT2D eigenvalue weighted by Gasteiger charge is 2.46. The number of piperazine rings is 1. The minimum atomic E-state index is -3.37. The number of imide groups is 2. The SMILES string of the molecule is [2H]C1([2H])N(CC2CCN(CCOc3ccc([C@@H]4c5ccc(O)cc5CC[C@@H]4c4ccccc4)cc3)CC2)C([2H])([2H])C([2H])([2H])N(c2cc(F)c3c(c2)C(=O)N(C2CCC(=O)NC2=O)C3=O)C1([2H])[2H]. The number of amides is 4. The van der Waals surface area contributed by atoms with Gasteiger partial charge in [0, 0.05) is 62.6 Å². The number of hydrogen-bond donors (Lipinski definition) is 2. The number of rotatable bonds is 10. The Balaban J connectivity index is 0.836. The van der Waals surface area contributed by atoms with E-state index in [-0.39, 0.29) is 47.8 Å². The molecule has 3 atom stereocenters. The highest BCUT2D eigenvalue weighted by atomic mass is 19.1. The molecule has 9 rings (SSSR count). The van der Waals surface area contributed by atoms with Gasteiger partial charge in [0.1, 0.15) is 30.0 Å². The van der Waals surface area contributed by atoms with Gasteiger partial charge in [-0.15, -0.1) is 0 Å². The summed E-state index contributed by atoms with van der Waals surface area (Å²) in [6.07, 6.45) is 2.37. The molecule has 11 nitrogen and oxygen atoms in total. The lowest BCUT2D eigenvalue weighted by atomic mass is 9.69. The summed E-state index contributed by atoms with van der Waals surface area (Å²) in [6.45, 7) is -11.5. The molecule has 12 heteroatoms. The summed E-state index contributed by atoms with van der Waals surface area (Å²) >= 11 is 0. The molecule has 0 saturated carbocycles. The van der Waals surface area contributed by atoms with Crippen molar-refractivity contribution in [3.8, 4) is 11.5 Å². The van der Waals surface area contributed by atoms with Crippen LogP contribution in [0, 0.1) is 11.7 Å². The van der Waals surface area contributed by atoms with E-state index in [1.165, 1.54) is 11.1 Å². The number of piperidine rings is 2. The number of benzene rings is 4. The number of aromatic hydroxyl groups is 1. The maximum atomic E-state index is 15.8. The molecule has 1 unspecified atom stereocenters. The largest absolute Gasteiger partial charge is 0.508 e. The number of nitrogens with zero attached hydrogens (tertiary/aromatic N) is 4. The molecule has 5 aliphatic rings. The van der Waals surface area contributed by atoms with Gasteiger partial charge in [-0.3, -0.25) is 39.2 Å². The van der Waals surface area contributed by atoms with Crippen LogP contribution in [0.2, 0.25) is 0 Å². The van der Waals surface area contributed by atoms with Crippen molar-refractivity contribution in [3.05, 3.63) is 124 Å². The van der Waals surface area contributed by atoms with Crippen LogP contribution in [0.3, 0.4) is 0 Å². The Morgan fingerprint density at radius 1 is 0.797 bits per heavy atom. The second-order valence-corrected chi connectivity index (χ2v) is 15.8. The smallest absolute Gasteiger partial charge is 0.265 e. The van der Waals surface area contributed by atoms with Crippen molar-refractivity contribution in [2.75, 3.05) is 63.7 Å². The summed E-state index contributed by atoms with van der Waals surface area (Å²) in [6, 6.07) is 24.2. The van der Waals surface area contributed by atoms with E-state index in [4.69, 9.17) is 15.7 Å². The summed E-state index contributed by atoms with van der Waals surface area (Å²) in [4.78, 5) is 54.5. The van der Waals surface area contributed by atoms with Gasteiger partial charge in [-0.1, -0.05) is 48.5 Å². The molecule has 0 spiro atoms. The lowest BCUT2D eigenvalue weighted by molar-refractivity contribution is -0.136. The molecule has 59 heavy (non-hydrogen) atoms. The predicted molar refractivity (Wildman–Crippen MR) is 220 cm³/mol. The number of carbonyl (C=O) groups is 4. The third kappa shape index (κ3) is 7.95. The first-order chi connectivity index (χ1) is 31.7. The lowest BCUT2D eigenvalue weighted by Gasteiger charge is -2.39. The Bertz CT molecular complexity index is 2590. The van der Waals surface area contributed by atoms with E-state index in [0.717, 1.165) is 30.0 Å². The van der Waals surface area contributed by atoms with Gasteiger partial charge in [-0.05, 0) is 116 Å². The molecule has 1 aliphatic carbocycles. The van der Waals surface area contributed by atoms with Crippen molar-refractivity contribution in [3.63, 3.8) is 0 Å². The van der Waals surface area contributed by atoms with E-state index in [1.54, 1.807) is 6.07 Å². The zero-order chi connectivity index (χ0) is 47.8. The monoisotopic (exact) mass is 807 g/mol. The van der Waals surface area contributed by atoms with E-state index in [9.17, 15) is 24.3 Å². The summed E-state index contributed by atoms with van der Waals surface area (Å²) < 4.78 is 94.1. The number of carbonyl (C=O) groups excluding carboxylic acids is 4. The topological polar surface area (TPSA) is 123 Å². The molecule has 4 aliphatic heterocycles. The quantitative estimate of drug-likeness (QED) is 0.194. The van der Waals surface area contributed by atoms with Crippen molar-refractivity contribution in [1.82, 2.24) is 20.0 Å². The first kappa shape index (κ1) is 30.5. The number of likely N-dealkylation sites (tertiary alicyclic amines) is 1. The van der Waals surface area contributed by atoms with E-state index in [0.29, 0.717) is 60.7 Å². The fraction of sp³-hybridized carbons (Fsp3) is 0.404. The molecule has 306 valence electrons. The van der Waals surface area contributed by atoms with Gasteiger partial charge < -0.3 is 14.7 Å². The molecule has 0 aromatic heterocycles. The van der Waals surface area contributed by atoms with Crippen LogP contribution in [0.5, 0.6) is 11.5 Å². The number of aryl methyl sites for hydroxylation is 1. The molecule has 0 radical (unpaired) electrons. The van der Waals surface area contributed by atoms with Crippen molar-refractivity contribution >= 4 is 29.3 Å². The van der Waals surface area contributed by atoms with Crippen molar-refractivity contribution in [1.29, 1.82) is 0 Å². The Morgan fingerprint density at radius 2 is 1.56 bits per heavy atom. The number of hydrogen-bond acceptors (Lipinski definition) is 9. The van der Waals surface area contributed by atoms with E-state index in [2.05, 4.69) is 41.3 Å². The van der Waals surface area contributed by atoms with Crippen LogP contribution in [0.4, 0.5) is 10.1 Å². The van der Waals surface area contributed by atoms with Gasteiger partial charge in [-0.2, -0.15) is 0 Å². The van der Waals surface area contributed by atoms with E-state index in [1.807, 2.05) is 35.6 Å². The van der Waals surface area contributed by atoms with Gasteiger partial charge >= 0.3 is 0 Å². The van der Waals surface area contributed by atoms with E-state index < -0.39 is 78.3 Å². The van der Waals surface area contributed by atoms with Crippen LogP contribution in [-0.4, -0.2) is 108 Å². The summed E-state index contributed by atoms with van der Waals surface area (Å²) in [7, 11) is 0. The zero-order valence-corrected chi connectivity index (χ0v) is 32.3. The molecule has 3 fully saturated rings. The Labute approximate surface area is 355 Å². The average Bonchev–Trinajstić information content (AvgIpc) is 3.53. The lowest BCUT2D eigenvalue weighted by Crippen LogP contribution is -2.54. The summed E-state index contributed by atoms with van der Waals surface area (Å²) in [5.41, 5.74) is 2.63. The maximum Gasteiger partial charge on any atom is 0.265 e. The number of phenols is 1. The predicted octanol–water partition coefficient (Wildman–Crippen LogP) is 5.71. The van der Waals surface area contributed by atoms with Crippen LogP contribution in [0.25, 0.3) is 0 Å². The second kappa shape index (κ2) is 16.6. The zero-order valence-electron chi connectivity index (χ0n) is 40.3.